The summed E-state index contributed by atoms with van der Waals surface area (Å²) in [4.78, 5) is 11.8. The van der Waals surface area contributed by atoms with Crippen LogP contribution in [0.2, 0.25) is 0 Å². The van der Waals surface area contributed by atoms with E-state index in [1.165, 1.54) is 38.1 Å². The molecule has 0 spiro atoms. The zero-order valence-electron chi connectivity index (χ0n) is 9.39. The normalized spacial score (nSPS) is 12.5. The second-order valence-corrected chi connectivity index (χ2v) is 6.20. The highest BCUT2D eigenvalue weighted by atomic mass is 32.2. The molecule has 0 aliphatic heterocycles. The molecule has 0 aromatic heterocycles. The first-order valence-electron chi connectivity index (χ1n) is 4.69. The molecule has 0 heterocycles. The summed E-state index contributed by atoms with van der Waals surface area (Å²) in [5.41, 5.74) is -1.16. The van der Waals surface area contributed by atoms with E-state index in [0.29, 0.717) is 5.56 Å². The second-order valence-electron chi connectivity index (χ2n) is 4.18. The third-order valence-corrected chi connectivity index (χ3v) is 3.23. The van der Waals surface area contributed by atoms with E-state index in [4.69, 9.17) is 0 Å². The monoisotopic (exact) mass is 242 g/mol. The minimum atomic E-state index is -3.25. The molecule has 0 fully saturated rings. The van der Waals surface area contributed by atoms with E-state index in [2.05, 4.69) is 0 Å². The zero-order chi connectivity index (χ0) is 12.6. The SMILES string of the molecule is CC(C)(O)C(=O)c1ccc(S(C)(=O)=O)cc1. The van der Waals surface area contributed by atoms with Gasteiger partial charge in [-0.15, -0.1) is 0 Å². The van der Waals surface area contributed by atoms with Crippen molar-refractivity contribution in [1.82, 2.24) is 0 Å². The third-order valence-electron chi connectivity index (χ3n) is 2.10. The van der Waals surface area contributed by atoms with Crippen LogP contribution < -0.4 is 0 Å². The zero-order valence-corrected chi connectivity index (χ0v) is 10.2. The van der Waals surface area contributed by atoms with Gasteiger partial charge in [0.05, 0.1) is 4.90 Å². The van der Waals surface area contributed by atoms with Gasteiger partial charge in [0.1, 0.15) is 5.60 Å². The van der Waals surface area contributed by atoms with Gasteiger partial charge in [0, 0.05) is 11.8 Å². The fourth-order valence-electron chi connectivity index (χ4n) is 1.21. The number of aliphatic hydroxyl groups is 1. The van der Waals surface area contributed by atoms with Crippen molar-refractivity contribution in [3.63, 3.8) is 0 Å². The van der Waals surface area contributed by atoms with Gasteiger partial charge in [-0.3, -0.25) is 4.79 Å². The van der Waals surface area contributed by atoms with Crippen LogP contribution in [0.25, 0.3) is 0 Å². The lowest BCUT2D eigenvalue weighted by molar-refractivity contribution is 0.0488. The standard InChI is InChI=1S/C11H14O4S/c1-11(2,13)10(12)8-4-6-9(7-5-8)16(3,14)15/h4-7,13H,1-3H3. The molecule has 0 aliphatic rings. The van der Waals surface area contributed by atoms with Crippen LogP contribution in [0.1, 0.15) is 24.2 Å². The van der Waals surface area contributed by atoms with Gasteiger partial charge in [-0.1, -0.05) is 12.1 Å². The highest BCUT2D eigenvalue weighted by Crippen LogP contribution is 2.15. The minimum Gasteiger partial charge on any atom is -0.382 e. The summed E-state index contributed by atoms with van der Waals surface area (Å²) < 4.78 is 22.4. The van der Waals surface area contributed by atoms with Crippen LogP contribution in [0.15, 0.2) is 29.2 Å². The van der Waals surface area contributed by atoms with Crippen molar-refractivity contribution < 1.29 is 18.3 Å². The molecule has 1 rings (SSSR count). The van der Waals surface area contributed by atoms with E-state index in [1.54, 1.807) is 0 Å². The Bertz CT molecular complexity index is 492. The second kappa shape index (κ2) is 3.99. The summed E-state index contributed by atoms with van der Waals surface area (Å²) in [5, 5.41) is 9.50. The first-order chi connectivity index (χ1) is 7.12. The Morgan fingerprint density at radius 3 is 1.94 bits per heavy atom. The first kappa shape index (κ1) is 12.9. The Morgan fingerprint density at radius 1 is 1.19 bits per heavy atom. The van der Waals surface area contributed by atoms with Crippen molar-refractivity contribution in [3.05, 3.63) is 29.8 Å². The molecule has 4 nitrogen and oxygen atoms in total. The molecule has 0 saturated heterocycles. The molecule has 0 amide bonds. The van der Waals surface area contributed by atoms with Gasteiger partial charge in [0.15, 0.2) is 15.6 Å². The van der Waals surface area contributed by atoms with Crippen LogP contribution in [0.4, 0.5) is 0 Å². The summed E-state index contributed by atoms with van der Waals surface area (Å²) in [6, 6.07) is 5.51. The van der Waals surface area contributed by atoms with Gasteiger partial charge in [-0.05, 0) is 26.0 Å². The molecule has 16 heavy (non-hydrogen) atoms. The summed E-state index contributed by atoms with van der Waals surface area (Å²) in [5.74, 6) is -0.437. The van der Waals surface area contributed by atoms with E-state index < -0.39 is 21.2 Å². The number of carbonyl (C=O) groups excluding carboxylic acids is 1. The van der Waals surface area contributed by atoms with Crippen molar-refractivity contribution in [2.24, 2.45) is 0 Å². The molecule has 5 heteroatoms. The Hall–Kier alpha value is -1.20. The predicted octanol–water partition coefficient (Wildman–Crippen LogP) is 1.04. The third kappa shape index (κ3) is 2.90. The molecular formula is C11H14O4S. The molecule has 0 saturated carbocycles. The van der Waals surface area contributed by atoms with Gasteiger partial charge < -0.3 is 5.11 Å². The number of Topliss-reactive ketones (excluding diaryl/α,β-unsaturated/α-hetero) is 1. The maximum Gasteiger partial charge on any atom is 0.193 e. The number of rotatable bonds is 3. The molecule has 1 aromatic carbocycles. The van der Waals surface area contributed by atoms with Gasteiger partial charge in [-0.25, -0.2) is 8.42 Å². The Labute approximate surface area is 94.8 Å². The van der Waals surface area contributed by atoms with Gasteiger partial charge in [-0.2, -0.15) is 0 Å². The van der Waals surface area contributed by atoms with E-state index >= 15 is 0 Å². The van der Waals surface area contributed by atoms with Gasteiger partial charge in [0.2, 0.25) is 0 Å². The molecule has 0 unspecified atom stereocenters. The number of ketones is 1. The number of sulfone groups is 1. The molecule has 1 aromatic rings. The lowest BCUT2D eigenvalue weighted by atomic mass is 9.97. The van der Waals surface area contributed by atoms with Crippen LogP contribution in [0, 0.1) is 0 Å². The van der Waals surface area contributed by atoms with Crippen LogP contribution in [-0.2, 0) is 9.84 Å². The van der Waals surface area contributed by atoms with E-state index in [1.807, 2.05) is 0 Å². The van der Waals surface area contributed by atoms with Crippen molar-refractivity contribution in [3.8, 4) is 0 Å². The highest BCUT2D eigenvalue weighted by molar-refractivity contribution is 7.90. The van der Waals surface area contributed by atoms with Crippen LogP contribution >= 0.6 is 0 Å². The number of benzene rings is 1. The van der Waals surface area contributed by atoms with Gasteiger partial charge in [0.25, 0.3) is 0 Å². The van der Waals surface area contributed by atoms with Crippen LogP contribution in [-0.4, -0.2) is 31.2 Å². The fourth-order valence-corrected chi connectivity index (χ4v) is 1.84. The quantitative estimate of drug-likeness (QED) is 0.804. The minimum absolute atomic E-state index is 0.153. The average Bonchev–Trinajstić information content (AvgIpc) is 2.14. The molecule has 0 bridgehead atoms. The van der Waals surface area contributed by atoms with Crippen LogP contribution in [0.3, 0.4) is 0 Å². The van der Waals surface area contributed by atoms with Crippen molar-refractivity contribution in [2.75, 3.05) is 6.26 Å². The molecule has 1 N–H and O–H groups in total. The predicted molar refractivity (Wildman–Crippen MR) is 60.2 cm³/mol. The molecular weight excluding hydrogens is 228 g/mol. The summed E-state index contributed by atoms with van der Waals surface area (Å²) in [6.45, 7) is 2.78. The summed E-state index contributed by atoms with van der Waals surface area (Å²) >= 11 is 0. The molecule has 0 aliphatic carbocycles. The topological polar surface area (TPSA) is 71.4 Å². The Morgan fingerprint density at radius 2 is 1.62 bits per heavy atom. The Balaban J connectivity index is 3.10. The number of hydrogen-bond donors (Lipinski definition) is 1. The number of carbonyl (C=O) groups is 1. The summed E-state index contributed by atoms with van der Waals surface area (Å²) in [6.07, 6.45) is 1.10. The van der Waals surface area contributed by atoms with E-state index in [0.717, 1.165) is 6.26 Å². The molecule has 0 atom stereocenters. The average molecular weight is 242 g/mol. The van der Waals surface area contributed by atoms with Crippen molar-refractivity contribution >= 4 is 15.6 Å². The molecule has 0 radical (unpaired) electrons. The van der Waals surface area contributed by atoms with Gasteiger partial charge >= 0.3 is 0 Å². The molecule has 88 valence electrons. The van der Waals surface area contributed by atoms with Crippen LogP contribution in [0.5, 0.6) is 0 Å². The fraction of sp³-hybridized carbons (Fsp3) is 0.364. The maximum absolute atomic E-state index is 11.6. The first-order valence-corrected chi connectivity index (χ1v) is 6.59. The van der Waals surface area contributed by atoms with E-state index in [9.17, 15) is 18.3 Å². The number of hydrogen-bond acceptors (Lipinski definition) is 4. The Kier molecular flexibility index (Phi) is 3.21. The van der Waals surface area contributed by atoms with Crippen molar-refractivity contribution in [2.45, 2.75) is 24.3 Å². The lowest BCUT2D eigenvalue weighted by Crippen LogP contribution is -2.31. The highest BCUT2D eigenvalue weighted by Gasteiger charge is 2.25. The lowest BCUT2D eigenvalue weighted by Gasteiger charge is -2.15. The van der Waals surface area contributed by atoms with Crippen molar-refractivity contribution in [1.29, 1.82) is 0 Å². The smallest absolute Gasteiger partial charge is 0.193 e. The largest absolute Gasteiger partial charge is 0.382 e. The van der Waals surface area contributed by atoms with E-state index in [-0.39, 0.29) is 4.90 Å². The maximum atomic E-state index is 11.6. The summed E-state index contributed by atoms with van der Waals surface area (Å²) in [7, 11) is -3.25.